The van der Waals surface area contributed by atoms with Crippen LogP contribution < -0.4 is 11.1 Å². The number of nitrogens with one attached hydrogen (secondary N) is 1. The van der Waals surface area contributed by atoms with Crippen LogP contribution in [0.1, 0.15) is 41.6 Å². The summed E-state index contributed by atoms with van der Waals surface area (Å²) < 4.78 is 0. The molecule has 0 atom stereocenters. The molecule has 1 amide bonds. The van der Waals surface area contributed by atoms with Crippen LogP contribution in [-0.2, 0) is 0 Å². The van der Waals surface area contributed by atoms with E-state index in [0.717, 1.165) is 31.2 Å². The van der Waals surface area contributed by atoms with Crippen LogP contribution in [0, 0.1) is 11.8 Å². The van der Waals surface area contributed by atoms with Gasteiger partial charge in [0.2, 0.25) is 0 Å². The third-order valence-corrected chi connectivity index (χ3v) is 3.51. The molecule has 4 heteroatoms. The number of rotatable bonds is 2. The number of hydrogen-bond acceptors (Lipinski definition) is 3. The van der Waals surface area contributed by atoms with Crippen molar-refractivity contribution in [3.63, 3.8) is 0 Å². The largest absolute Gasteiger partial charge is 0.393 e. The van der Waals surface area contributed by atoms with E-state index in [4.69, 9.17) is 5.73 Å². The molecule has 4 N–H and O–H groups in total. The van der Waals surface area contributed by atoms with Gasteiger partial charge in [0.1, 0.15) is 0 Å². The third-order valence-electron chi connectivity index (χ3n) is 3.51. The van der Waals surface area contributed by atoms with E-state index < -0.39 is 0 Å². The summed E-state index contributed by atoms with van der Waals surface area (Å²) in [6.07, 6.45) is 3.00. The van der Waals surface area contributed by atoms with Crippen LogP contribution in [0.15, 0.2) is 24.3 Å². The van der Waals surface area contributed by atoms with Crippen LogP contribution in [0.4, 0.5) is 0 Å². The summed E-state index contributed by atoms with van der Waals surface area (Å²) in [5.74, 6) is 5.63. The summed E-state index contributed by atoms with van der Waals surface area (Å²) in [4.78, 5) is 12.1. The minimum absolute atomic E-state index is 0.0651. The first kappa shape index (κ1) is 14.6. The maximum atomic E-state index is 12.1. The van der Waals surface area contributed by atoms with E-state index >= 15 is 0 Å². The van der Waals surface area contributed by atoms with Crippen molar-refractivity contribution in [1.82, 2.24) is 5.32 Å². The van der Waals surface area contributed by atoms with Crippen LogP contribution >= 0.6 is 0 Å². The molecular formula is C16H20N2O2. The van der Waals surface area contributed by atoms with Crippen molar-refractivity contribution in [2.24, 2.45) is 5.73 Å². The van der Waals surface area contributed by atoms with Crippen molar-refractivity contribution in [2.45, 2.75) is 37.8 Å². The SMILES string of the molecule is NCC#Cc1ccc(C(=O)NC2CCC(O)CC2)cc1. The molecule has 1 aromatic rings. The molecule has 1 aliphatic rings. The number of nitrogens with two attached hydrogens (primary N) is 1. The number of aliphatic hydroxyl groups is 1. The van der Waals surface area contributed by atoms with E-state index in [-0.39, 0.29) is 18.1 Å². The van der Waals surface area contributed by atoms with Gasteiger partial charge in [-0.25, -0.2) is 0 Å². The summed E-state index contributed by atoms with van der Waals surface area (Å²) in [5.41, 5.74) is 6.80. The number of aliphatic hydroxyl groups excluding tert-OH is 1. The number of hydrogen-bond donors (Lipinski definition) is 3. The molecule has 0 aliphatic heterocycles. The first-order valence-corrected chi connectivity index (χ1v) is 6.97. The highest BCUT2D eigenvalue weighted by Gasteiger charge is 2.21. The minimum atomic E-state index is -0.205. The number of carbonyl (C=O) groups excluding carboxylic acids is 1. The Morgan fingerprint density at radius 3 is 2.50 bits per heavy atom. The van der Waals surface area contributed by atoms with Gasteiger partial charge in [-0.3, -0.25) is 4.79 Å². The van der Waals surface area contributed by atoms with Gasteiger partial charge in [0.05, 0.1) is 12.6 Å². The fraction of sp³-hybridized carbons (Fsp3) is 0.438. The Labute approximate surface area is 119 Å². The first-order chi connectivity index (χ1) is 9.69. The Hall–Kier alpha value is -1.83. The Kier molecular flexibility index (Phi) is 5.16. The Morgan fingerprint density at radius 1 is 1.25 bits per heavy atom. The molecule has 20 heavy (non-hydrogen) atoms. The van der Waals surface area contributed by atoms with Gasteiger partial charge in [-0.15, -0.1) is 0 Å². The van der Waals surface area contributed by atoms with E-state index in [1.54, 1.807) is 12.1 Å². The van der Waals surface area contributed by atoms with E-state index in [1.807, 2.05) is 12.1 Å². The quantitative estimate of drug-likeness (QED) is 0.704. The lowest BCUT2D eigenvalue weighted by atomic mass is 9.93. The Balaban J connectivity index is 1.92. The summed E-state index contributed by atoms with van der Waals surface area (Å²) >= 11 is 0. The van der Waals surface area contributed by atoms with Crippen molar-refractivity contribution >= 4 is 5.91 Å². The summed E-state index contributed by atoms with van der Waals surface area (Å²) in [5, 5.41) is 12.5. The molecule has 1 fully saturated rings. The van der Waals surface area contributed by atoms with Gasteiger partial charge in [0.25, 0.3) is 5.91 Å². The maximum absolute atomic E-state index is 12.1. The maximum Gasteiger partial charge on any atom is 0.251 e. The van der Waals surface area contributed by atoms with E-state index in [2.05, 4.69) is 17.2 Å². The lowest BCUT2D eigenvalue weighted by Gasteiger charge is -2.26. The Morgan fingerprint density at radius 2 is 1.90 bits per heavy atom. The molecule has 0 radical (unpaired) electrons. The van der Waals surface area contributed by atoms with Gasteiger partial charge in [-0.2, -0.15) is 0 Å². The molecular weight excluding hydrogens is 252 g/mol. The number of benzene rings is 1. The molecule has 4 nitrogen and oxygen atoms in total. The highest BCUT2D eigenvalue weighted by molar-refractivity contribution is 5.94. The van der Waals surface area contributed by atoms with Crippen LogP contribution in [0.25, 0.3) is 0 Å². The zero-order valence-electron chi connectivity index (χ0n) is 11.4. The molecule has 1 aromatic carbocycles. The molecule has 2 rings (SSSR count). The normalized spacial score (nSPS) is 21.7. The second kappa shape index (κ2) is 7.09. The number of amides is 1. The van der Waals surface area contributed by atoms with Crippen LogP contribution in [0.3, 0.4) is 0 Å². The predicted octanol–water partition coefficient (Wildman–Crippen LogP) is 1.03. The van der Waals surface area contributed by atoms with Crippen molar-refractivity contribution in [1.29, 1.82) is 0 Å². The highest BCUT2D eigenvalue weighted by atomic mass is 16.3. The van der Waals surface area contributed by atoms with Gasteiger partial charge in [-0.05, 0) is 49.9 Å². The molecule has 106 valence electrons. The summed E-state index contributed by atoms with van der Waals surface area (Å²) in [7, 11) is 0. The lowest BCUT2D eigenvalue weighted by Crippen LogP contribution is -2.38. The van der Waals surface area contributed by atoms with Gasteiger partial charge >= 0.3 is 0 Å². The molecule has 1 aliphatic carbocycles. The minimum Gasteiger partial charge on any atom is -0.393 e. The van der Waals surface area contributed by atoms with Gasteiger partial charge in [-0.1, -0.05) is 11.8 Å². The second-order valence-electron chi connectivity index (χ2n) is 5.06. The second-order valence-corrected chi connectivity index (χ2v) is 5.06. The summed E-state index contributed by atoms with van der Waals surface area (Å²) in [6, 6.07) is 7.36. The average Bonchev–Trinajstić information content (AvgIpc) is 2.48. The van der Waals surface area contributed by atoms with Gasteiger partial charge < -0.3 is 16.2 Å². The van der Waals surface area contributed by atoms with Crippen LogP contribution in [-0.4, -0.2) is 29.7 Å². The molecule has 0 heterocycles. The fourth-order valence-corrected chi connectivity index (χ4v) is 2.35. The number of carbonyl (C=O) groups is 1. The average molecular weight is 272 g/mol. The van der Waals surface area contributed by atoms with Crippen LogP contribution in [0.2, 0.25) is 0 Å². The third kappa shape index (κ3) is 4.09. The zero-order valence-corrected chi connectivity index (χ0v) is 11.4. The molecule has 0 spiro atoms. The van der Waals surface area contributed by atoms with E-state index in [9.17, 15) is 9.90 Å². The van der Waals surface area contributed by atoms with E-state index in [0.29, 0.717) is 12.1 Å². The molecule has 0 bridgehead atoms. The first-order valence-electron chi connectivity index (χ1n) is 6.97. The van der Waals surface area contributed by atoms with Crippen LogP contribution in [0.5, 0.6) is 0 Å². The smallest absolute Gasteiger partial charge is 0.251 e. The highest BCUT2D eigenvalue weighted by Crippen LogP contribution is 2.18. The molecule has 0 saturated heterocycles. The van der Waals surface area contributed by atoms with Crippen molar-refractivity contribution < 1.29 is 9.90 Å². The van der Waals surface area contributed by atoms with Crippen molar-refractivity contribution in [3.05, 3.63) is 35.4 Å². The van der Waals surface area contributed by atoms with Gasteiger partial charge in [0, 0.05) is 17.2 Å². The molecule has 1 saturated carbocycles. The predicted molar refractivity (Wildman–Crippen MR) is 78.1 cm³/mol. The monoisotopic (exact) mass is 272 g/mol. The topological polar surface area (TPSA) is 75.4 Å². The zero-order chi connectivity index (χ0) is 14.4. The Bertz CT molecular complexity index is 506. The molecule has 0 unspecified atom stereocenters. The lowest BCUT2D eigenvalue weighted by molar-refractivity contribution is 0.0867. The molecule has 0 aromatic heterocycles. The van der Waals surface area contributed by atoms with Crippen molar-refractivity contribution in [2.75, 3.05) is 6.54 Å². The van der Waals surface area contributed by atoms with E-state index in [1.165, 1.54) is 0 Å². The fourth-order valence-electron chi connectivity index (χ4n) is 2.35. The van der Waals surface area contributed by atoms with Gasteiger partial charge in [0.15, 0.2) is 0 Å². The summed E-state index contributed by atoms with van der Waals surface area (Å²) in [6.45, 7) is 0.329. The van der Waals surface area contributed by atoms with Crippen molar-refractivity contribution in [3.8, 4) is 11.8 Å². The standard InChI is InChI=1S/C16H20N2O2/c17-11-1-2-12-3-5-13(6-4-12)16(20)18-14-7-9-15(19)10-8-14/h3-6,14-15,19H,7-11,17H2,(H,18,20).